The van der Waals surface area contributed by atoms with E-state index >= 15 is 0 Å². The van der Waals surface area contributed by atoms with E-state index in [9.17, 15) is 0 Å². The summed E-state index contributed by atoms with van der Waals surface area (Å²) in [5.41, 5.74) is 5.34. The lowest BCUT2D eigenvalue weighted by atomic mass is 9.83. The molecule has 128 valence electrons. The Balaban J connectivity index is 1.90. The SMILES string of the molecule is CN(Cc1ccccc1)n1c2c(c3ccccc31)C(C)(C)CNC=C2. The lowest BCUT2D eigenvalue weighted by molar-refractivity contribution is 0.509. The lowest BCUT2D eigenvalue weighted by Gasteiger charge is -2.26. The molecule has 2 aromatic carbocycles. The van der Waals surface area contributed by atoms with Crippen LogP contribution < -0.4 is 10.3 Å². The summed E-state index contributed by atoms with van der Waals surface area (Å²) in [6, 6.07) is 19.4. The van der Waals surface area contributed by atoms with Gasteiger partial charge in [0.15, 0.2) is 0 Å². The molecule has 4 rings (SSSR count). The fourth-order valence-electron chi connectivity index (χ4n) is 3.94. The number of hydrogen-bond donors (Lipinski definition) is 1. The predicted molar refractivity (Wildman–Crippen MR) is 106 cm³/mol. The zero-order valence-corrected chi connectivity index (χ0v) is 15.2. The Morgan fingerprint density at radius 1 is 1.04 bits per heavy atom. The van der Waals surface area contributed by atoms with E-state index in [1.165, 1.54) is 27.7 Å². The van der Waals surface area contributed by atoms with Gasteiger partial charge in [0.25, 0.3) is 0 Å². The first-order valence-corrected chi connectivity index (χ1v) is 8.87. The van der Waals surface area contributed by atoms with Crippen LogP contribution in [0.2, 0.25) is 0 Å². The van der Waals surface area contributed by atoms with Gasteiger partial charge in [0.2, 0.25) is 0 Å². The third-order valence-electron chi connectivity index (χ3n) is 5.06. The topological polar surface area (TPSA) is 20.2 Å². The molecule has 0 amide bonds. The summed E-state index contributed by atoms with van der Waals surface area (Å²) in [7, 11) is 2.17. The number of rotatable bonds is 3. The van der Waals surface area contributed by atoms with Crippen LogP contribution in [0, 0.1) is 0 Å². The van der Waals surface area contributed by atoms with Crippen LogP contribution in [0.1, 0.15) is 30.7 Å². The number of hydrogen-bond acceptors (Lipinski definition) is 2. The van der Waals surface area contributed by atoms with Crippen molar-refractivity contribution in [3.63, 3.8) is 0 Å². The molecular weight excluding hydrogens is 306 g/mol. The van der Waals surface area contributed by atoms with Crippen molar-refractivity contribution in [1.82, 2.24) is 9.99 Å². The van der Waals surface area contributed by atoms with E-state index < -0.39 is 0 Å². The number of para-hydroxylation sites is 1. The van der Waals surface area contributed by atoms with E-state index in [4.69, 9.17) is 0 Å². The minimum Gasteiger partial charge on any atom is -0.390 e. The molecule has 0 radical (unpaired) electrons. The first-order valence-electron chi connectivity index (χ1n) is 8.87. The van der Waals surface area contributed by atoms with Crippen LogP contribution in [0.4, 0.5) is 0 Å². The minimum atomic E-state index is 0.0667. The molecule has 2 heterocycles. The highest BCUT2D eigenvalue weighted by Crippen LogP contribution is 2.37. The first kappa shape index (κ1) is 15.8. The molecule has 0 spiro atoms. The number of nitrogens with one attached hydrogen (secondary N) is 1. The minimum absolute atomic E-state index is 0.0667. The molecule has 0 atom stereocenters. The fraction of sp³-hybridized carbons (Fsp3) is 0.273. The quantitative estimate of drug-likeness (QED) is 0.774. The summed E-state index contributed by atoms with van der Waals surface area (Å²) >= 11 is 0. The monoisotopic (exact) mass is 331 g/mol. The van der Waals surface area contributed by atoms with E-state index in [-0.39, 0.29) is 5.41 Å². The van der Waals surface area contributed by atoms with Crippen LogP contribution >= 0.6 is 0 Å². The summed E-state index contributed by atoms with van der Waals surface area (Å²) in [4.78, 5) is 0. The van der Waals surface area contributed by atoms with E-state index in [0.29, 0.717) is 0 Å². The van der Waals surface area contributed by atoms with E-state index in [1.54, 1.807) is 0 Å². The van der Waals surface area contributed by atoms with Crippen LogP contribution in [0.25, 0.3) is 17.0 Å². The van der Waals surface area contributed by atoms with Crippen molar-refractivity contribution < 1.29 is 0 Å². The standard InChI is InChI=1S/C22H25N3/c1-22(2)16-23-14-13-20-21(22)18-11-7-8-12-19(18)25(20)24(3)15-17-9-5-4-6-10-17/h4-14,23H,15-16H2,1-3H3. The Morgan fingerprint density at radius 2 is 1.76 bits per heavy atom. The van der Waals surface area contributed by atoms with Gasteiger partial charge in [-0.25, -0.2) is 0 Å². The zero-order chi connectivity index (χ0) is 17.4. The molecule has 0 aliphatic carbocycles. The molecule has 3 nitrogen and oxygen atoms in total. The van der Waals surface area contributed by atoms with Gasteiger partial charge >= 0.3 is 0 Å². The number of nitrogens with zero attached hydrogens (tertiary/aromatic N) is 2. The Hall–Kier alpha value is -2.68. The molecule has 1 aromatic heterocycles. The first-order chi connectivity index (χ1) is 12.1. The van der Waals surface area contributed by atoms with Crippen molar-refractivity contribution in [2.24, 2.45) is 0 Å². The average molecular weight is 331 g/mol. The highest BCUT2D eigenvalue weighted by molar-refractivity contribution is 5.90. The van der Waals surface area contributed by atoms with Gasteiger partial charge in [0.05, 0.1) is 17.8 Å². The van der Waals surface area contributed by atoms with Crippen LogP contribution in [0.15, 0.2) is 60.8 Å². The van der Waals surface area contributed by atoms with Crippen LogP contribution in [0.3, 0.4) is 0 Å². The second-order valence-electron chi connectivity index (χ2n) is 7.49. The largest absolute Gasteiger partial charge is 0.390 e. The Labute approximate surface area is 149 Å². The van der Waals surface area contributed by atoms with E-state index in [2.05, 4.69) is 103 Å². The maximum absolute atomic E-state index is 3.44. The second kappa shape index (κ2) is 5.99. The smallest absolute Gasteiger partial charge is 0.0705 e. The van der Waals surface area contributed by atoms with Gasteiger partial charge in [-0.15, -0.1) is 0 Å². The molecule has 0 saturated carbocycles. The Kier molecular flexibility index (Phi) is 3.79. The summed E-state index contributed by atoms with van der Waals surface area (Å²) in [5, 5.41) is 7.09. The molecule has 0 saturated heterocycles. The molecule has 0 unspecified atom stereocenters. The summed E-state index contributed by atoms with van der Waals surface area (Å²) in [5.74, 6) is 0. The van der Waals surface area contributed by atoms with Gasteiger partial charge in [-0.2, -0.15) is 0 Å². The van der Waals surface area contributed by atoms with Gasteiger partial charge in [-0.05, 0) is 29.5 Å². The average Bonchev–Trinajstić information content (AvgIpc) is 2.86. The third-order valence-corrected chi connectivity index (χ3v) is 5.06. The van der Waals surface area contributed by atoms with Gasteiger partial charge < -0.3 is 10.3 Å². The third kappa shape index (κ3) is 2.70. The molecule has 0 bridgehead atoms. The lowest BCUT2D eigenvalue weighted by Crippen LogP contribution is -2.32. The summed E-state index contributed by atoms with van der Waals surface area (Å²) in [6.07, 6.45) is 4.30. The maximum atomic E-state index is 3.44. The van der Waals surface area contributed by atoms with Gasteiger partial charge in [0, 0.05) is 24.4 Å². The molecule has 25 heavy (non-hydrogen) atoms. The Morgan fingerprint density at radius 3 is 2.56 bits per heavy atom. The van der Waals surface area contributed by atoms with Gasteiger partial charge in [-0.3, -0.25) is 4.68 Å². The zero-order valence-electron chi connectivity index (χ0n) is 15.2. The van der Waals surface area contributed by atoms with Crippen molar-refractivity contribution in [3.8, 4) is 0 Å². The second-order valence-corrected chi connectivity index (χ2v) is 7.49. The maximum Gasteiger partial charge on any atom is 0.0705 e. The van der Waals surface area contributed by atoms with Gasteiger partial charge in [0.1, 0.15) is 0 Å². The van der Waals surface area contributed by atoms with Crippen LogP contribution in [0.5, 0.6) is 0 Å². The highest BCUT2D eigenvalue weighted by Gasteiger charge is 2.31. The van der Waals surface area contributed by atoms with Crippen molar-refractivity contribution in [3.05, 3.63) is 77.6 Å². The summed E-state index contributed by atoms with van der Waals surface area (Å²) < 4.78 is 2.36. The highest BCUT2D eigenvalue weighted by atomic mass is 15.5. The molecule has 1 N–H and O–H groups in total. The molecule has 1 aliphatic rings. The molecular formula is C22H25N3. The summed E-state index contributed by atoms with van der Waals surface area (Å²) in [6.45, 7) is 6.44. The fourth-order valence-corrected chi connectivity index (χ4v) is 3.94. The number of benzene rings is 2. The van der Waals surface area contributed by atoms with E-state index in [1.807, 2.05) is 0 Å². The predicted octanol–water partition coefficient (Wildman–Crippen LogP) is 4.26. The van der Waals surface area contributed by atoms with Crippen molar-refractivity contribution >= 4 is 17.0 Å². The van der Waals surface area contributed by atoms with E-state index in [0.717, 1.165) is 13.1 Å². The molecule has 3 heteroatoms. The van der Waals surface area contributed by atoms with Crippen LogP contribution in [-0.2, 0) is 12.0 Å². The number of aromatic nitrogens is 1. The number of fused-ring (bicyclic) bond motifs is 3. The molecule has 1 aliphatic heterocycles. The Bertz CT molecular complexity index is 919. The molecule has 3 aromatic rings. The van der Waals surface area contributed by atoms with Crippen molar-refractivity contribution in [1.29, 1.82) is 0 Å². The molecule has 0 fully saturated rings. The van der Waals surface area contributed by atoms with Crippen molar-refractivity contribution in [2.45, 2.75) is 25.8 Å². The van der Waals surface area contributed by atoms with Gasteiger partial charge in [-0.1, -0.05) is 62.4 Å². The normalized spacial score (nSPS) is 15.5. The van der Waals surface area contributed by atoms with Crippen molar-refractivity contribution in [2.75, 3.05) is 18.6 Å². The van der Waals surface area contributed by atoms with Crippen LogP contribution in [-0.4, -0.2) is 18.3 Å².